The Hall–Kier alpha value is -2.34. The predicted molar refractivity (Wildman–Crippen MR) is 94.6 cm³/mol. The number of hydrogen-bond acceptors (Lipinski definition) is 4. The number of rotatable bonds is 4. The van der Waals surface area contributed by atoms with Gasteiger partial charge in [0, 0.05) is 22.8 Å². The lowest BCUT2D eigenvalue weighted by Crippen LogP contribution is -2.31. The van der Waals surface area contributed by atoms with Gasteiger partial charge >= 0.3 is 0 Å². The van der Waals surface area contributed by atoms with Crippen LogP contribution in [0.25, 0.3) is 11.1 Å². The van der Waals surface area contributed by atoms with Gasteiger partial charge < -0.3 is 15.1 Å². The molecule has 118 valence electrons. The summed E-state index contributed by atoms with van der Waals surface area (Å²) in [6.07, 6.45) is 0. The van der Waals surface area contributed by atoms with Crippen molar-refractivity contribution < 1.29 is 9.21 Å². The van der Waals surface area contributed by atoms with Gasteiger partial charge in [-0.25, -0.2) is 4.98 Å². The SMILES string of the molecule is Cc1nc2cc(N[C@H](C)C(=O)Nc3ccc(Br)cc3)ccc2o1. The summed E-state index contributed by atoms with van der Waals surface area (Å²) in [6, 6.07) is 12.7. The molecule has 5 nitrogen and oxygen atoms in total. The Labute approximate surface area is 142 Å². The molecule has 2 N–H and O–H groups in total. The number of anilines is 2. The second-order valence-electron chi connectivity index (χ2n) is 5.28. The third kappa shape index (κ3) is 3.71. The largest absolute Gasteiger partial charge is 0.441 e. The van der Waals surface area contributed by atoms with Gasteiger partial charge in [0.15, 0.2) is 11.5 Å². The van der Waals surface area contributed by atoms with Crippen molar-refractivity contribution in [1.82, 2.24) is 4.98 Å². The van der Waals surface area contributed by atoms with Gasteiger partial charge in [0.2, 0.25) is 5.91 Å². The molecule has 1 atom stereocenters. The first-order valence-electron chi connectivity index (χ1n) is 7.21. The van der Waals surface area contributed by atoms with E-state index in [0.717, 1.165) is 26.9 Å². The summed E-state index contributed by atoms with van der Waals surface area (Å²) in [7, 11) is 0. The van der Waals surface area contributed by atoms with Crippen LogP contribution in [-0.4, -0.2) is 16.9 Å². The van der Waals surface area contributed by atoms with Gasteiger partial charge in [-0.1, -0.05) is 15.9 Å². The number of fused-ring (bicyclic) bond motifs is 1. The third-order valence-electron chi connectivity index (χ3n) is 3.38. The van der Waals surface area contributed by atoms with Crippen LogP contribution in [0.4, 0.5) is 11.4 Å². The Morgan fingerprint density at radius 1 is 1.17 bits per heavy atom. The van der Waals surface area contributed by atoms with E-state index in [1.54, 1.807) is 6.92 Å². The molecule has 6 heteroatoms. The number of carbonyl (C=O) groups is 1. The molecule has 3 rings (SSSR count). The quantitative estimate of drug-likeness (QED) is 0.713. The minimum Gasteiger partial charge on any atom is -0.441 e. The molecule has 0 bridgehead atoms. The van der Waals surface area contributed by atoms with Crippen LogP contribution in [-0.2, 0) is 4.79 Å². The van der Waals surface area contributed by atoms with Gasteiger partial charge in [-0.15, -0.1) is 0 Å². The van der Waals surface area contributed by atoms with Crippen molar-refractivity contribution in [2.24, 2.45) is 0 Å². The summed E-state index contributed by atoms with van der Waals surface area (Å²) in [5.74, 6) is 0.516. The number of oxazole rings is 1. The molecule has 0 unspecified atom stereocenters. The molecule has 0 spiro atoms. The molecule has 23 heavy (non-hydrogen) atoms. The normalized spacial score (nSPS) is 12.1. The molecule has 0 fully saturated rings. The van der Waals surface area contributed by atoms with E-state index in [4.69, 9.17) is 4.42 Å². The summed E-state index contributed by atoms with van der Waals surface area (Å²) in [5, 5.41) is 6.05. The van der Waals surface area contributed by atoms with Gasteiger partial charge in [-0.05, 0) is 49.4 Å². The van der Waals surface area contributed by atoms with E-state index in [1.165, 1.54) is 0 Å². The Morgan fingerprint density at radius 3 is 2.61 bits per heavy atom. The van der Waals surface area contributed by atoms with E-state index in [2.05, 4.69) is 31.5 Å². The number of nitrogens with one attached hydrogen (secondary N) is 2. The second-order valence-corrected chi connectivity index (χ2v) is 6.19. The minimum absolute atomic E-state index is 0.108. The lowest BCUT2D eigenvalue weighted by atomic mass is 10.2. The van der Waals surface area contributed by atoms with Gasteiger partial charge in [0.05, 0.1) is 0 Å². The highest BCUT2D eigenvalue weighted by molar-refractivity contribution is 9.10. The molecule has 0 saturated carbocycles. The number of nitrogens with zero attached hydrogens (tertiary/aromatic N) is 1. The highest BCUT2D eigenvalue weighted by atomic mass is 79.9. The molecule has 2 aromatic carbocycles. The maximum Gasteiger partial charge on any atom is 0.246 e. The Morgan fingerprint density at radius 2 is 1.87 bits per heavy atom. The number of aryl methyl sites for hydroxylation is 1. The van der Waals surface area contributed by atoms with E-state index in [9.17, 15) is 4.79 Å². The van der Waals surface area contributed by atoms with E-state index < -0.39 is 0 Å². The first-order chi connectivity index (χ1) is 11.0. The lowest BCUT2D eigenvalue weighted by molar-refractivity contribution is -0.116. The molecular weight excluding hydrogens is 358 g/mol. The standard InChI is InChI=1S/C17H16BrN3O2/c1-10(17(22)21-13-5-3-12(18)4-6-13)19-14-7-8-16-15(9-14)20-11(2)23-16/h3-10,19H,1-2H3,(H,21,22)/t10-/m1/s1. The monoisotopic (exact) mass is 373 g/mol. The Bertz CT molecular complexity index is 843. The molecule has 3 aromatic rings. The fourth-order valence-electron chi connectivity index (χ4n) is 2.23. The van der Waals surface area contributed by atoms with Gasteiger partial charge in [-0.2, -0.15) is 0 Å². The summed E-state index contributed by atoms with van der Waals surface area (Å²) in [5.41, 5.74) is 3.09. The van der Waals surface area contributed by atoms with E-state index in [1.807, 2.05) is 49.4 Å². The van der Waals surface area contributed by atoms with E-state index in [0.29, 0.717) is 5.89 Å². The van der Waals surface area contributed by atoms with Crippen LogP contribution in [0.15, 0.2) is 51.4 Å². The zero-order chi connectivity index (χ0) is 16.4. The van der Waals surface area contributed by atoms with Crippen molar-refractivity contribution in [3.63, 3.8) is 0 Å². The number of halogens is 1. The van der Waals surface area contributed by atoms with Gasteiger partial charge in [-0.3, -0.25) is 4.79 Å². The number of hydrogen-bond donors (Lipinski definition) is 2. The van der Waals surface area contributed by atoms with E-state index >= 15 is 0 Å². The summed E-state index contributed by atoms with van der Waals surface area (Å²) in [6.45, 7) is 3.62. The smallest absolute Gasteiger partial charge is 0.246 e. The average molecular weight is 374 g/mol. The van der Waals surface area contributed by atoms with Crippen LogP contribution in [0, 0.1) is 6.92 Å². The van der Waals surface area contributed by atoms with Gasteiger partial charge in [0.25, 0.3) is 0 Å². The van der Waals surface area contributed by atoms with Crippen LogP contribution >= 0.6 is 15.9 Å². The third-order valence-corrected chi connectivity index (χ3v) is 3.91. The average Bonchev–Trinajstić information content (AvgIpc) is 2.88. The van der Waals surface area contributed by atoms with Crippen molar-refractivity contribution in [3.8, 4) is 0 Å². The molecule has 1 heterocycles. The summed E-state index contributed by atoms with van der Waals surface area (Å²) < 4.78 is 6.41. The predicted octanol–water partition coefficient (Wildman–Crippen LogP) is 4.34. The molecular formula is C17H16BrN3O2. The van der Waals surface area contributed by atoms with Crippen molar-refractivity contribution in [3.05, 3.63) is 52.8 Å². The van der Waals surface area contributed by atoms with Crippen LogP contribution < -0.4 is 10.6 Å². The highest BCUT2D eigenvalue weighted by Crippen LogP contribution is 2.20. The summed E-state index contributed by atoms with van der Waals surface area (Å²) >= 11 is 3.37. The molecule has 0 aliphatic heterocycles. The first-order valence-corrected chi connectivity index (χ1v) is 8.01. The fraction of sp³-hybridized carbons (Fsp3) is 0.176. The van der Waals surface area contributed by atoms with Crippen molar-refractivity contribution in [2.75, 3.05) is 10.6 Å². The topological polar surface area (TPSA) is 67.2 Å². The zero-order valence-electron chi connectivity index (χ0n) is 12.8. The van der Waals surface area contributed by atoms with Crippen LogP contribution in [0.2, 0.25) is 0 Å². The molecule has 0 saturated heterocycles. The number of amides is 1. The highest BCUT2D eigenvalue weighted by Gasteiger charge is 2.13. The lowest BCUT2D eigenvalue weighted by Gasteiger charge is -2.15. The van der Waals surface area contributed by atoms with E-state index in [-0.39, 0.29) is 11.9 Å². The number of aromatic nitrogens is 1. The maximum absolute atomic E-state index is 12.2. The van der Waals surface area contributed by atoms with Gasteiger partial charge in [0.1, 0.15) is 11.6 Å². The fourth-order valence-corrected chi connectivity index (χ4v) is 2.50. The molecule has 1 aromatic heterocycles. The molecule has 0 aliphatic rings. The molecule has 0 radical (unpaired) electrons. The van der Waals surface area contributed by atoms with Crippen LogP contribution in [0.1, 0.15) is 12.8 Å². The minimum atomic E-state index is -0.385. The van der Waals surface area contributed by atoms with Crippen LogP contribution in [0.5, 0.6) is 0 Å². The Kier molecular flexibility index (Phi) is 4.34. The zero-order valence-corrected chi connectivity index (χ0v) is 14.3. The van der Waals surface area contributed by atoms with Crippen molar-refractivity contribution in [1.29, 1.82) is 0 Å². The molecule has 0 aliphatic carbocycles. The second kappa shape index (κ2) is 6.42. The molecule has 1 amide bonds. The van der Waals surface area contributed by atoms with Crippen LogP contribution in [0.3, 0.4) is 0 Å². The number of benzene rings is 2. The van der Waals surface area contributed by atoms with Crippen molar-refractivity contribution >= 4 is 44.3 Å². The summed E-state index contributed by atoms with van der Waals surface area (Å²) in [4.78, 5) is 16.5. The number of carbonyl (C=O) groups excluding carboxylic acids is 1. The maximum atomic E-state index is 12.2. The Balaban J connectivity index is 1.67. The van der Waals surface area contributed by atoms with Crippen molar-refractivity contribution in [2.45, 2.75) is 19.9 Å². The first kappa shape index (κ1) is 15.6.